The van der Waals surface area contributed by atoms with Gasteiger partial charge in [0.2, 0.25) is 0 Å². The first-order valence-corrected chi connectivity index (χ1v) is 5.82. The van der Waals surface area contributed by atoms with Crippen LogP contribution in [0.3, 0.4) is 0 Å². The Morgan fingerprint density at radius 3 is 2.30 bits per heavy atom. The zero-order chi connectivity index (χ0) is 14.5. The van der Waals surface area contributed by atoms with E-state index in [2.05, 4.69) is 10.6 Å². The van der Waals surface area contributed by atoms with Crippen molar-refractivity contribution < 1.29 is 9.18 Å². The summed E-state index contributed by atoms with van der Waals surface area (Å²) < 4.78 is 13.0. The summed E-state index contributed by atoms with van der Waals surface area (Å²) in [6, 6.07) is 11.6. The summed E-state index contributed by atoms with van der Waals surface area (Å²) in [4.78, 5) is 11.7. The number of anilines is 2. The van der Waals surface area contributed by atoms with Gasteiger partial charge in [0.15, 0.2) is 0 Å². The Bertz CT molecular complexity index is 640. The molecule has 2 amide bonds. The van der Waals surface area contributed by atoms with Gasteiger partial charge in [-0.05, 0) is 42.5 Å². The second kappa shape index (κ2) is 5.83. The summed E-state index contributed by atoms with van der Waals surface area (Å²) in [6.45, 7) is 0. The maximum absolute atomic E-state index is 13.0. The number of urea groups is 1. The Hall–Kier alpha value is -2.89. The summed E-state index contributed by atoms with van der Waals surface area (Å²) in [6.07, 6.45) is 0. The van der Waals surface area contributed by atoms with Crippen molar-refractivity contribution in [2.24, 2.45) is 5.73 Å². The number of hydrogen-bond donors (Lipinski definition) is 4. The number of carbonyl (C=O) groups is 1. The zero-order valence-corrected chi connectivity index (χ0v) is 10.5. The highest BCUT2D eigenvalue weighted by Gasteiger charge is 2.04. The fourth-order valence-electron chi connectivity index (χ4n) is 1.59. The maximum atomic E-state index is 13.0. The molecule has 6 heteroatoms. The third-order valence-electron chi connectivity index (χ3n) is 2.54. The standard InChI is InChI=1S/C14H13FN4O/c15-10-2-1-3-12(8-10)19-14(20)18-11-6-4-9(5-7-11)13(16)17/h1-8H,(H3,16,17)(H2,18,19,20). The summed E-state index contributed by atoms with van der Waals surface area (Å²) in [5.74, 6) is -0.464. The SMILES string of the molecule is N=C(N)c1ccc(NC(=O)Nc2cccc(F)c2)cc1. The molecule has 0 heterocycles. The molecule has 0 saturated carbocycles. The van der Waals surface area contributed by atoms with Crippen LogP contribution in [-0.4, -0.2) is 11.9 Å². The van der Waals surface area contributed by atoms with Crippen LogP contribution in [0, 0.1) is 11.2 Å². The van der Waals surface area contributed by atoms with Crippen LogP contribution in [0.4, 0.5) is 20.6 Å². The van der Waals surface area contributed by atoms with E-state index in [0.717, 1.165) is 0 Å². The van der Waals surface area contributed by atoms with E-state index in [1.54, 1.807) is 30.3 Å². The Labute approximate surface area is 115 Å². The lowest BCUT2D eigenvalue weighted by Gasteiger charge is -2.08. The van der Waals surface area contributed by atoms with Crippen molar-refractivity contribution in [3.05, 3.63) is 59.9 Å². The number of amidine groups is 1. The van der Waals surface area contributed by atoms with E-state index >= 15 is 0 Å². The van der Waals surface area contributed by atoms with Crippen molar-refractivity contribution in [3.8, 4) is 0 Å². The molecule has 5 N–H and O–H groups in total. The highest BCUT2D eigenvalue weighted by atomic mass is 19.1. The van der Waals surface area contributed by atoms with E-state index < -0.39 is 11.8 Å². The van der Waals surface area contributed by atoms with Gasteiger partial charge in [0.1, 0.15) is 11.7 Å². The molecule has 0 unspecified atom stereocenters. The number of nitrogens with one attached hydrogen (secondary N) is 3. The van der Waals surface area contributed by atoms with Crippen LogP contribution in [-0.2, 0) is 0 Å². The minimum Gasteiger partial charge on any atom is -0.384 e. The second-order valence-corrected chi connectivity index (χ2v) is 4.08. The molecule has 2 aromatic rings. The van der Waals surface area contributed by atoms with Gasteiger partial charge in [-0.15, -0.1) is 0 Å². The average Bonchev–Trinajstić information content (AvgIpc) is 2.39. The van der Waals surface area contributed by atoms with Crippen LogP contribution in [0.25, 0.3) is 0 Å². The van der Waals surface area contributed by atoms with E-state index in [4.69, 9.17) is 11.1 Å². The first kappa shape index (κ1) is 13.5. The molecule has 5 nitrogen and oxygen atoms in total. The lowest BCUT2D eigenvalue weighted by atomic mass is 10.2. The Morgan fingerprint density at radius 2 is 1.70 bits per heavy atom. The minimum absolute atomic E-state index is 0.0410. The summed E-state index contributed by atoms with van der Waals surface area (Å²) in [7, 11) is 0. The fourth-order valence-corrected chi connectivity index (χ4v) is 1.59. The van der Waals surface area contributed by atoms with Crippen molar-refractivity contribution >= 4 is 23.2 Å². The fraction of sp³-hybridized carbons (Fsp3) is 0. The van der Waals surface area contributed by atoms with Crippen molar-refractivity contribution in [1.29, 1.82) is 5.41 Å². The lowest BCUT2D eigenvalue weighted by Crippen LogP contribution is -2.19. The predicted molar refractivity (Wildman–Crippen MR) is 76.5 cm³/mol. The van der Waals surface area contributed by atoms with E-state index in [-0.39, 0.29) is 5.84 Å². The van der Waals surface area contributed by atoms with Gasteiger partial charge in [0, 0.05) is 16.9 Å². The number of amides is 2. The molecular formula is C14H13FN4O. The molecule has 20 heavy (non-hydrogen) atoms. The van der Waals surface area contributed by atoms with Crippen LogP contribution in [0.1, 0.15) is 5.56 Å². The van der Waals surface area contributed by atoms with Crippen LogP contribution < -0.4 is 16.4 Å². The molecule has 0 fully saturated rings. The third-order valence-corrected chi connectivity index (χ3v) is 2.54. The highest BCUT2D eigenvalue weighted by molar-refractivity contribution is 6.00. The van der Waals surface area contributed by atoms with Crippen LogP contribution in [0.15, 0.2) is 48.5 Å². The molecule has 0 saturated heterocycles. The summed E-state index contributed by atoms with van der Waals surface area (Å²) in [5.41, 5.74) is 6.81. The molecule has 0 aliphatic heterocycles. The number of nitrogens with two attached hydrogens (primary N) is 1. The largest absolute Gasteiger partial charge is 0.384 e. The Balaban J connectivity index is 1.99. The maximum Gasteiger partial charge on any atom is 0.323 e. The van der Waals surface area contributed by atoms with Crippen molar-refractivity contribution in [3.63, 3.8) is 0 Å². The number of hydrogen-bond acceptors (Lipinski definition) is 2. The van der Waals surface area contributed by atoms with Crippen LogP contribution in [0.5, 0.6) is 0 Å². The Morgan fingerprint density at radius 1 is 1.05 bits per heavy atom. The van der Waals surface area contributed by atoms with Gasteiger partial charge in [-0.3, -0.25) is 5.41 Å². The van der Waals surface area contributed by atoms with Crippen LogP contribution in [0.2, 0.25) is 0 Å². The molecular weight excluding hydrogens is 259 g/mol. The van der Waals surface area contributed by atoms with E-state index in [0.29, 0.717) is 16.9 Å². The summed E-state index contributed by atoms with van der Waals surface area (Å²) in [5, 5.41) is 12.4. The number of halogens is 1. The number of carbonyl (C=O) groups excluding carboxylic acids is 1. The average molecular weight is 272 g/mol. The molecule has 0 spiro atoms. The predicted octanol–water partition coefficient (Wildman–Crippen LogP) is 2.75. The number of rotatable bonds is 3. The van der Waals surface area contributed by atoms with E-state index in [1.807, 2.05) is 0 Å². The van der Waals surface area contributed by atoms with Gasteiger partial charge in [0.05, 0.1) is 0 Å². The lowest BCUT2D eigenvalue weighted by molar-refractivity contribution is 0.262. The quantitative estimate of drug-likeness (QED) is 0.511. The van der Waals surface area contributed by atoms with Gasteiger partial charge >= 0.3 is 6.03 Å². The topological polar surface area (TPSA) is 91.0 Å². The Kier molecular flexibility index (Phi) is 3.95. The molecule has 2 rings (SSSR count). The van der Waals surface area contributed by atoms with E-state index in [9.17, 15) is 9.18 Å². The first-order valence-electron chi connectivity index (χ1n) is 5.82. The molecule has 0 aromatic heterocycles. The normalized spacial score (nSPS) is 9.85. The molecule has 102 valence electrons. The van der Waals surface area contributed by atoms with Gasteiger partial charge < -0.3 is 16.4 Å². The van der Waals surface area contributed by atoms with Gasteiger partial charge in [-0.25, -0.2) is 9.18 Å². The number of benzene rings is 2. The van der Waals surface area contributed by atoms with E-state index in [1.165, 1.54) is 18.2 Å². The van der Waals surface area contributed by atoms with Crippen molar-refractivity contribution in [1.82, 2.24) is 0 Å². The van der Waals surface area contributed by atoms with Crippen molar-refractivity contribution in [2.75, 3.05) is 10.6 Å². The smallest absolute Gasteiger partial charge is 0.323 e. The van der Waals surface area contributed by atoms with Gasteiger partial charge in [-0.1, -0.05) is 6.07 Å². The minimum atomic E-state index is -0.480. The van der Waals surface area contributed by atoms with Gasteiger partial charge in [0.25, 0.3) is 0 Å². The number of nitrogen functional groups attached to an aromatic ring is 1. The van der Waals surface area contributed by atoms with Gasteiger partial charge in [-0.2, -0.15) is 0 Å². The van der Waals surface area contributed by atoms with Crippen molar-refractivity contribution in [2.45, 2.75) is 0 Å². The zero-order valence-electron chi connectivity index (χ0n) is 10.5. The monoisotopic (exact) mass is 272 g/mol. The molecule has 0 radical (unpaired) electrons. The molecule has 2 aromatic carbocycles. The third kappa shape index (κ3) is 3.55. The summed E-state index contributed by atoms with van der Waals surface area (Å²) >= 11 is 0. The molecule has 0 aliphatic carbocycles. The second-order valence-electron chi connectivity index (χ2n) is 4.08. The van der Waals surface area contributed by atoms with Crippen LogP contribution >= 0.6 is 0 Å². The molecule has 0 aliphatic rings. The molecule has 0 bridgehead atoms. The molecule has 0 atom stereocenters. The first-order chi connectivity index (χ1) is 9.54. The highest BCUT2D eigenvalue weighted by Crippen LogP contribution is 2.12.